The third-order valence-electron chi connectivity index (χ3n) is 3.92. The van der Waals surface area contributed by atoms with Gasteiger partial charge >= 0.3 is 12.3 Å². The number of carbonyl (C=O) groups is 1. The summed E-state index contributed by atoms with van der Waals surface area (Å²) in [5.74, 6) is -1.24. The van der Waals surface area contributed by atoms with Gasteiger partial charge in [-0.15, -0.1) is 24.9 Å². The van der Waals surface area contributed by atoms with Gasteiger partial charge in [0.1, 0.15) is 23.1 Å². The molecule has 1 aromatic carbocycles. The van der Waals surface area contributed by atoms with Crippen LogP contribution in [0.1, 0.15) is 25.8 Å². The second kappa shape index (κ2) is 10.9. The average Bonchev–Trinajstić information content (AvgIpc) is 3.07. The van der Waals surface area contributed by atoms with Crippen molar-refractivity contribution in [2.45, 2.75) is 32.2 Å². The van der Waals surface area contributed by atoms with Crippen LogP contribution in [-0.4, -0.2) is 66.8 Å². The quantitative estimate of drug-likeness (QED) is 0.485. The fourth-order valence-corrected chi connectivity index (χ4v) is 3.60. The number of ether oxygens (including phenoxy) is 4. The van der Waals surface area contributed by atoms with Crippen molar-refractivity contribution in [1.82, 2.24) is 0 Å². The van der Waals surface area contributed by atoms with Gasteiger partial charge in [0.15, 0.2) is 5.54 Å². The Morgan fingerprint density at radius 1 is 1.20 bits per heavy atom. The maximum atomic E-state index is 12.8. The molecular formula is C19H24F3NO6S. The van der Waals surface area contributed by atoms with Gasteiger partial charge in [-0.05, 0) is 31.5 Å². The van der Waals surface area contributed by atoms with Gasteiger partial charge in [0, 0.05) is 12.4 Å². The zero-order valence-electron chi connectivity index (χ0n) is 16.7. The first kappa shape index (κ1) is 24.3. The Morgan fingerprint density at radius 2 is 1.87 bits per heavy atom. The summed E-state index contributed by atoms with van der Waals surface area (Å²) in [6.07, 6.45) is -3.97. The summed E-state index contributed by atoms with van der Waals surface area (Å²) in [7, 11) is 0. The van der Waals surface area contributed by atoms with Crippen LogP contribution in [0, 0.1) is 0 Å². The van der Waals surface area contributed by atoms with Gasteiger partial charge in [0.25, 0.3) is 0 Å². The Bertz CT molecular complexity index is 758. The van der Waals surface area contributed by atoms with Crippen LogP contribution < -0.4 is 9.47 Å². The van der Waals surface area contributed by atoms with Crippen molar-refractivity contribution in [3.63, 3.8) is 0 Å². The van der Waals surface area contributed by atoms with Crippen molar-refractivity contribution < 1.29 is 42.0 Å². The number of hydrogen-bond acceptors (Lipinski definition) is 7. The fourth-order valence-electron chi connectivity index (χ4n) is 2.41. The first-order valence-electron chi connectivity index (χ1n) is 9.29. The minimum atomic E-state index is -4.90. The molecule has 1 heterocycles. The van der Waals surface area contributed by atoms with E-state index in [1.807, 2.05) is 6.92 Å². The minimum Gasteiger partial charge on any atom is -0.491 e. The average molecular weight is 451 g/mol. The Hall–Kier alpha value is -1.98. The second-order valence-electron chi connectivity index (χ2n) is 6.56. The molecule has 0 spiro atoms. The largest absolute Gasteiger partial charge is 0.573 e. The van der Waals surface area contributed by atoms with Crippen LogP contribution in [0.25, 0.3) is 0 Å². The lowest BCUT2D eigenvalue weighted by Crippen LogP contribution is -2.33. The SMILES string of the molecule is CCCOCCOCCOc1ccc(OC(F)(F)F)c(C2=N[C@@](C)(C(=O)O)CS2)c1. The van der Waals surface area contributed by atoms with E-state index in [1.165, 1.54) is 19.1 Å². The molecule has 0 fully saturated rings. The van der Waals surface area contributed by atoms with Crippen molar-refractivity contribution in [3.8, 4) is 11.5 Å². The van der Waals surface area contributed by atoms with E-state index in [4.69, 9.17) is 14.2 Å². The number of aliphatic imine (C=N–C) groups is 1. The Labute approximate surface area is 176 Å². The first-order chi connectivity index (χ1) is 14.1. The van der Waals surface area contributed by atoms with Crippen LogP contribution in [0.5, 0.6) is 11.5 Å². The number of thioether (sulfide) groups is 1. The zero-order chi connectivity index (χ0) is 22.2. The molecular weight excluding hydrogens is 427 g/mol. The molecule has 0 bridgehead atoms. The van der Waals surface area contributed by atoms with Crippen molar-refractivity contribution in [1.29, 1.82) is 0 Å². The summed E-state index contributed by atoms with van der Waals surface area (Å²) in [6, 6.07) is 3.81. The lowest BCUT2D eigenvalue weighted by atomic mass is 10.1. The molecule has 1 N–H and O–H groups in total. The second-order valence-corrected chi connectivity index (χ2v) is 7.53. The molecule has 1 atom stereocenters. The van der Waals surface area contributed by atoms with Crippen molar-refractivity contribution >= 4 is 22.8 Å². The van der Waals surface area contributed by atoms with Crippen molar-refractivity contribution in [2.24, 2.45) is 4.99 Å². The molecule has 2 rings (SSSR count). The molecule has 30 heavy (non-hydrogen) atoms. The number of halogens is 3. The first-order valence-corrected chi connectivity index (χ1v) is 10.3. The molecule has 0 aromatic heterocycles. The summed E-state index contributed by atoms with van der Waals surface area (Å²) in [5, 5.41) is 9.45. The standard InChI is InChI=1S/C19H24F3NO6S/c1-3-6-26-7-8-27-9-10-28-13-4-5-15(29-19(20,21)22)14(11-13)16-23-18(2,12-30-16)17(24)25/h4-5,11H,3,6-10,12H2,1-2H3,(H,24,25)/t18-/m1/s1. The van der Waals surface area contributed by atoms with E-state index in [0.717, 1.165) is 24.2 Å². The van der Waals surface area contributed by atoms with Gasteiger partial charge in [-0.25, -0.2) is 4.79 Å². The van der Waals surface area contributed by atoms with E-state index in [-0.39, 0.29) is 35.3 Å². The van der Waals surface area contributed by atoms with Crippen LogP contribution in [0.2, 0.25) is 0 Å². The van der Waals surface area contributed by atoms with E-state index in [9.17, 15) is 23.1 Å². The zero-order valence-corrected chi connectivity index (χ0v) is 17.5. The maximum absolute atomic E-state index is 12.8. The van der Waals surface area contributed by atoms with Crippen molar-refractivity contribution in [2.75, 3.05) is 38.8 Å². The van der Waals surface area contributed by atoms with Gasteiger partial charge in [0.2, 0.25) is 0 Å². The highest BCUT2D eigenvalue weighted by Gasteiger charge is 2.40. The molecule has 11 heteroatoms. The molecule has 1 aliphatic heterocycles. The summed E-state index contributed by atoms with van der Waals surface area (Å²) in [6.45, 7) is 5.41. The van der Waals surface area contributed by atoms with Gasteiger partial charge in [-0.1, -0.05) is 6.92 Å². The topological polar surface area (TPSA) is 86.6 Å². The minimum absolute atomic E-state index is 0.0219. The summed E-state index contributed by atoms with van der Waals surface area (Å²) >= 11 is 1.05. The Morgan fingerprint density at radius 3 is 2.47 bits per heavy atom. The summed E-state index contributed by atoms with van der Waals surface area (Å²) < 4.78 is 58.6. The molecule has 7 nitrogen and oxygen atoms in total. The highest BCUT2D eigenvalue weighted by Crippen LogP contribution is 2.37. The molecule has 1 aliphatic rings. The highest BCUT2D eigenvalue weighted by atomic mass is 32.2. The van der Waals surface area contributed by atoms with Crippen molar-refractivity contribution in [3.05, 3.63) is 23.8 Å². The Balaban J connectivity index is 2.06. The predicted octanol–water partition coefficient (Wildman–Crippen LogP) is 3.74. The van der Waals surface area contributed by atoms with E-state index < -0.39 is 23.6 Å². The van der Waals surface area contributed by atoms with Gasteiger partial charge in [-0.2, -0.15) is 0 Å². The van der Waals surface area contributed by atoms with Gasteiger partial charge in [-0.3, -0.25) is 4.99 Å². The third kappa shape index (κ3) is 7.37. The van der Waals surface area contributed by atoms with Crippen LogP contribution in [0.4, 0.5) is 13.2 Å². The van der Waals surface area contributed by atoms with Crippen LogP contribution in [0.3, 0.4) is 0 Å². The lowest BCUT2D eigenvalue weighted by Gasteiger charge is -2.15. The van der Waals surface area contributed by atoms with Gasteiger partial charge < -0.3 is 24.1 Å². The lowest BCUT2D eigenvalue weighted by molar-refractivity contribution is -0.274. The number of rotatable bonds is 12. The van der Waals surface area contributed by atoms with E-state index in [1.54, 1.807) is 0 Å². The highest BCUT2D eigenvalue weighted by molar-refractivity contribution is 8.14. The van der Waals surface area contributed by atoms with Gasteiger partial charge in [0.05, 0.1) is 25.4 Å². The molecule has 0 saturated carbocycles. The number of aliphatic carboxylic acids is 1. The number of hydrogen-bond donors (Lipinski definition) is 1. The molecule has 0 saturated heterocycles. The molecule has 0 amide bonds. The molecule has 168 valence electrons. The molecule has 0 radical (unpaired) electrons. The summed E-state index contributed by atoms with van der Waals surface area (Å²) in [5.41, 5.74) is -1.39. The number of nitrogens with zero attached hydrogens (tertiary/aromatic N) is 1. The number of benzene rings is 1. The van der Waals surface area contributed by atoms with E-state index in [0.29, 0.717) is 19.8 Å². The molecule has 0 unspecified atom stereocenters. The number of alkyl halides is 3. The maximum Gasteiger partial charge on any atom is 0.573 e. The number of carboxylic acids is 1. The Kier molecular flexibility index (Phi) is 8.80. The monoisotopic (exact) mass is 451 g/mol. The van der Waals surface area contributed by atoms with Crippen LogP contribution in [0.15, 0.2) is 23.2 Å². The third-order valence-corrected chi connectivity index (χ3v) is 5.21. The normalized spacial score (nSPS) is 18.9. The molecule has 0 aliphatic carbocycles. The predicted molar refractivity (Wildman–Crippen MR) is 106 cm³/mol. The summed E-state index contributed by atoms with van der Waals surface area (Å²) in [4.78, 5) is 15.5. The molecule has 1 aromatic rings. The van der Waals surface area contributed by atoms with E-state index >= 15 is 0 Å². The number of carboxylic acid groups (broad SMARTS) is 1. The van der Waals surface area contributed by atoms with Crippen LogP contribution >= 0.6 is 11.8 Å². The fraction of sp³-hybridized carbons (Fsp3) is 0.579. The smallest absolute Gasteiger partial charge is 0.491 e. The van der Waals surface area contributed by atoms with E-state index in [2.05, 4.69) is 9.73 Å². The van der Waals surface area contributed by atoms with Crippen LogP contribution in [-0.2, 0) is 14.3 Å².